The molecule has 8 aromatic rings. The largest absolute Gasteiger partial charge is 0.311 e. The molecule has 0 saturated heterocycles. The fourth-order valence-electron chi connectivity index (χ4n) is 11.9. The minimum atomic E-state index is -0.133. The summed E-state index contributed by atoms with van der Waals surface area (Å²) in [6.45, 7) is 34.7. The Bertz CT molecular complexity index is 3360. The van der Waals surface area contributed by atoms with Crippen molar-refractivity contribution >= 4 is 74.3 Å². The number of rotatable bonds is 5. The summed E-state index contributed by atoms with van der Waals surface area (Å²) in [5, 5.41) is 0. The van der Waals surface area contributed by atoms with Crippen molar-refractivity contribution in [3.05, 3.63) is 203 Å². The molecule has 0 radical (unpaired) electrons. The van der Waals surface area contributed by atoms with Crippen molar-refractivity contribution in [1.82, 2.24) is 0 Å². The Morgan fingerprint density at radius 3 is 1.36 bits per heavy atom. The van der Waals surface area contributed by atoms with Gasteiger partial charge in [-0.2, -0.15) is 0 Å². The van der Waals surface area contributed by atoms with E-state index in [-0.39, 0.29) is 33.8 Å². The molecule has 0 spiro atoms. The van der Waals surface area contributed by atoms with E-state index < -0.39 is 0 Å². The first kappa shape index (κ1) is 47.5. The molecule has 0 amide bonds. The summed E-state index contributed by atoms with van der Waals surface area (Å²) in [4.78, 5) is 7.64. The normalized spacial score (nSPS) is 14.6. The number of aryl methyl sites for hydroxylation is 1. The lowest BCUT2D eigenvalue weighted by Crippen LogP contribution is -2.61. The van der Waals surface area contributed by atoms with Crippen molar-refractivity contribution < 1.29 is 0 Å². The average Bonchev–Trinajstić information content (AvgIpc) is 3.55. The van der Waals surface area contributed by atoms with Crippen molar-refractivity contribution in [2.24, 2.45) is 0 Å². The predicted molar refractivity (Wildman–Crippen MR) is 312 cm³/mol. The van der Waals surface area contributed by atoms with Crippen molar-refractivity contribution in [1.29, 1.82) is 0 Å². The molecule has 3 aliphatic rings. The summed E-state index contributed by atoms with van der Waals surface area (Å²) in [5.41, 5.74) is 26.5. The molecule has 2 aliphatic heterocycles. The first-order valence-electron chi connectivity index (χ1n) is 26.3. The minimum Gasteiger partial charge on any atom is -0.311 e. The van der Waals surface area contributed by atoms with E-state index in [1.807, 2.05) is 0 Å². The third-order valence-corrected chi connectivity index (χ3v) is 16.1. The molecule has 11 rings (SSSR count). The number of fused-ring (bicyclic) bond motifs is 7. The lowest BCUT2D eigenvalue weighted by molar-refractivity contribution is 0.590. The molecule has 1 aliphatic carbocycles. The molecule has 2 heterocycles. The summed E-state index contributed by atoms with van der Waals surface area (Å²) in [5.74, 6) is 0. The highest BCUT2D eigenvalue weighted by Gasteiger charge is 2.45. The van der Waals surface area contributed by atoms with E-state index >= 15 is 0 Å². The summed E-state index contributed by atoms with van der Waals surface area (Å²) in [7, 11) is 0. The second-order valence-corrected chi connectivity index (χ2v) is 25.7. The van der Waals surface area contributed by atoms with Crippen LogP contribution in [0.5, 0.6) is 0 Å². The zero-order chi connectivity index (χ0) is 51.0. The smallest absolute Gasteiger partial charge is 0.252 e. The molecule has 0 fully saturated rings. The molecule has 0 aromatic heterocycles. The van der Waals surface area contributed by atoms with Gasteiger partial charge in [0.2, 0.25) is 0 Å². The number of benzene rings is 8. The van der Waals surface area contributed by atoms with Crippen molar-refractivity contribution in [2.45, 2.75) is 131 Å². The Kier molecular flexibility index (Phi) is 10.8. The summed E-state index contributed by atoms with van der Waals surface area (Å²) >= 11 is 0. The number of hydrogen-bond donors (Lipinski definition) is 0. The van der Waals surface area contributed by atoms with E-state index in [0.717, 1.165) is 22.7 Å². The van der Waals surface area contributed by atoms with Gasteiger partial charge < -0.3 is 14.7 Å². The SMILES string of the molecule is Cc1cc2c3c(c1)N(c1ccc4c(c1)C(C)(C)c1ccccc1-4)c1cc(C(C)(C)C)ccc1B3c1ccc(N(c3ccc(C(C)(C)C)cc3)c3ccc(C(C)(C)C)cc3)cc1N2c1ccc(C(C)(C)C)cc1. The van der Waals surface area contributed by atoms with Crippen LogP contribution in [0.1, 0.15) is 136 Å². The van der Waals surface area contributed by atoms with Gasteiger partial charge in [0.15, 0.2) is 0 Å². The summed E-state index contributed by atoms with van der Waals surface area (Å²) < 4.78 is 0. The van der Waals surface area contributed by atoms with Gasteiger partial charge in [0.25, 0.3) is 6.71 Å². The molecule has 0 N–H and O–H groups in total. The van der Waals surface area contributed by atoms with Crippen LogP contribution in [0.25, 0.3) is 11.1 Å². The topological polar surface area (TPSA) is 9.72 Å². The van der Waals surface area contributed by atoms with E-state index in [1.165, 1.54) is 94.9 Å². The highest BCUT2D eigenvalue weighted by molar-refractivity contribution is 7.00. The summed E-state index contributed by atoms with van der Waals surface area (Å²) in [6, 6.07) is 63.7. The van der Waals surface area contributed by atoms with E-state index in [2.05, 4.69) is 282 Å². The zero-order valence-corrected chi connectivity index (χ0v) is 45.5. The van der Waals surface area contributed by atoms with Crippen LogP contribution in [0.3, 0.4) is 0 Å². The minimum absolute atomic E-state index is 0.00859. The Morgan fingerprint density at radius 1 is 0.389 bits per heavy atom. The van der Waals surface area contributed by atoms with Crippen molar-refractivity contribution in [3.8, 4) is 11.1 Å². The Morgan fingerprint density at radius 2 is 0.819 bits per heavy atom. The maximum Gasteiger partial charge on any atom is 0.252 e. The van der Waals surface area contributed by atoms with Gasteiger partial charge >= 0.3 is 0 Å². The lowest BCUT2D eigenvalue weighted by Gasteiger charge is -2.45. The molecule has 362 valence electrons. The zero-order valence-electron chi connectivity index (χ0n) is 45.5. The van der Waals surface area contributed by atoms with Crippen LogP contribution in [-0.4, -0.2) is 6.71 Å². The van der Waals surface area contributed by atoms with Gasteiger partial charge in [-0.1, -0.05) is 182 Å². The van der Waals surface area contributed by atoms with E-state index in [0.29, 0.717) is 0 Å². The number of hydrogen-bond acceptors (Lipinski definition) is 3. The molecule has 0 bridgehead atoms. The van der Waals surface area contributed by atoms with Crippen molar-refractivity contribution in [2.75, 3.05) is 14.7 Å². The predicted octanol–water partition coefficient (Wildman–Crippen LogP) is 17.0. The van der Waals surface area contributed by atoms with Gasteiger partial charge in [-0.05, 0) is 174 Å². The van der Waals surface area contributed by atoms with Crippen LogP contribution in [0, 0.1) is 6.92 Å². The van der Waals surface area contributed by atoms with Gasteiger partial charge in [-0.3, -0.25) is 0 Å². The van der Waals surface area contributed by atoms with Gasteiger partial charge in [0, 0.05) is 56.6 Å². The van der Waals surface area contributed by atoms with Crippen LogP contribution < -0.4 is 31.1 Å². The van der Waals surface area contributed by atoms with Crippen LogP contribution in [0.2, 0.25) is 0 Å². The van der Waals surface area contributed by atoms with Crippen LogP contribution in [-0.2, 0) is 27.1 Å². The second kappa shape index (κ2) is 16.4. The standard InChI is InChI=1S/C68H72BN3/c1-43-38-61-63-62(39-43)72(51-33-35-54-53-18-16-17-19-55(53)68(14,15)56(54)41-51)59-40-47(67(11,12)13)26-36-57(59)69(63)58-37-34-52(42-60(58)71(61)50-31-24-46(25-32-50)66(8,9)10)70(48-27-20-44(21-28-48)64(2,3)4)49-29-22-45(23-30-49)65(5,6)7/h16-42H,1-15H3. The Hall–Kier alpha value is -6.78. The van der Waals surface area contributed by atoms with Gasteiger partial charge in [-0.15, -0.1) is 0 Å². The third kappa shape index (κ3) is 7.79. The third-order valence-electron chi connectivity index (χ3n) is 16.1. The van der Waals surface area contributed by atoms with E-state index in [9.17, 15) is 0 Å². The first-order chi connectivity index (χ1) is 33.9. The molecule has 4 heteroatoms. The monoisotopic (exact) mass is 942 g/mol. The quantitative estimate of drug-likeness (QED) is 0.159. The number of anilines is 9. The molecule has 72 heavy (non-hydrogen) atoms. The average molecular weight is 942 g/mol. The second-order valence-electron chi connectivity index (χ2n) is 25.7. The lowest BCUT2D eigenvalue weighted by atomic mass is 9.33. The van der Waals surface area contributed by atoms with Gasteiger partial charge in [-0.25, -0.2) is 0 Å². The van der Waals surface area contributed by atoms with Gasteiger partial charge in [0.1, 0.15) is 0 Å². The Balaban J connectivity index is 1.17. The van der Waals surface area contributed by atoms with E-state index in [4.69, 9.17) is 0 Å². The molecule has 8 aromatic carbocycles. The van der Waals surface area contributed by atoms with Crippen LogP contribution in [0.15, 0.2) is 164 Å². The maximum absolute atomic E-state index is 2.61. The molecule has 0 saturated carbocycles. The molecular weight excluding hydrogens is 870 g/mol. The molecule has 3 nitrogen and oxygen atoms in total. The fraction of sp³-hybridized carbons (Fsp3) is 0.294. The summed E-state index contributed by atoms with van der Waals surface area (Å²) in [6.07, 6.45) is 0. The highest BCUT2D eigenvalue weighted by Crippen LogP contribution is 2.52. The van der Waals surface area contributed by atoms with Crippen LogP contribution >= 0.6 is 0 Å². The van der Waals surface area contributed by atoms with Crippen molar-refractivity contribution in [3.63, 3.8) is 0 Å². The molecule has 0 atom stereocenters. The first-order valence-corrected chi connectivity index (χ1v) is 26.3. The maximum atomic E-state index is 2.61. The van der Waals surface area contributed by atoms with Crippen LogP contribution in [0.4, 0.5) is 51.2 Å². The molecular formula is C68H72BN3. The van der Waals surface area contributed by atoms with Gasteiger partial charge in [0.05, 0.1) is 0 Å². The molecule has 0 unspecified atom stereocenters. The van der Waals surface area contributed by atoms with E-state index in [1.54, 1.807) is 0 Å². The highest BCUT2D eigenvalue weighted by atomic mass is 15.2. The number of nitrogens with zero attached hydrogens (tertiary/aromatic N) is 3. The fourth-order valence-corrected chi connectivity index (χ4v) is 11.9. The Labute approximate surface area is 431 Å².